The quantitative estimate of drug-likeness (QED) is 0.853. The molecular formula is C14H11ClF2N2O. The molecule has 2 aromatic carbocycles. The van der Waals surface area contributed by atoms with Crippen molar-refractivity contribution in [3.8, 4) is 0 Å². The van der Waals surface area contributed by atoms with Crippen LogP contribution >= 0.6 is 11.6 Å². The maximum absolute atomic E-state index is 13.0. The zero-order valence-electron chi connectivity index (χ0n) is 10.3. The van der Waals surface area contributed by atoms with Crippen LogP contribution in [0.15, 0.2) is 36.4 Å². The summed E-state index contributed by atoms with van der Waals surface area (Å²) in [6.45, 7) is 0. The van der Waals surface area contributed by atoms with E-state index in [1.54, 1.807) is 12.1 Å². The Kier molecular flexibility index (Phi) is 4.20. The van der Waals surface area contributed by atoms with Crippen molar-refractivity contribution < 1.29 is 13.6 Å². The number of anilines is 2. The summed E-state index contributed by atoms with van der Waals surface area (Å²) in [6, 6.07) is 8.01. The van der Waals surface area contributed by atoms with Crippen molar-refractivity contribution in [1.29, 1.82) is 0 Å². The number of carbonyl (C=O) groups is 1. The smallest absolute Gasteiger partial charge is 0.228 e. The molecule has 0 spiro atoms. The lowest BCUT2D eigenvalue weighted by Crippen LogP contribution is -2.14. The highest BCUT2D eigenvalue weighted by atomic mass is 35.5. The van der Waals surface area contributed by atoms with Gasteiger partial charge in [0.1, 0.15) is 0 Å². The number of hydrogen-bond donors (Lipinski definition) is 2. The number of benzene rings is 2. The van der Waals surface area contributed by atoms with Crippen LogP contribution in [0.25, 0.3) is 0 Å². The van der Waals surface area contributed by atoms with Crippen molar-refractivity contribution in [3.63, 3.8) is 0 Å². The molecule has 0 unspecified atom stereocenters. The third-order valence-corrected chi connectivity index (χ3v) is 2.96. The second-order valence-corrected chi connectivity index (χ2v) is 4.62. The zero-order chi connectivity index (χ0) is 14.7. The summed E-state index contributed by atoms with van der Waals surface area (Å²) in [6.07, 6.45) is -0.0702. The summed E-state index contributed by atoms with van der Waals surface area (Å²) >= 11 is 5.83. The summed E-state index contributed by atoms with van der Waals surface area (Å²) in [4.78, 5) is 11.8. The van der Waals surface area contributed by atoms with Gasteiger partial charge in [0.2, 0.25) is 5.91 Å². The molecule has 0 radical (unpaired) electrons. The van der Waals surface area contributed by atoms with Gasteiger partial charge in [0.25, 0.3) is 0 Å². The molecule has 1 amide bonds. The molecule has 0 aliphatic carbocycles. The first-order valence-corrected chi connectivity index (χ1v) is 6.12. The fraction of sp³-hybridized carbons (Fsp3) is 0.0714. The molecule has 20 heavy (non-hydrogen) atoms. The van der Waals surface area contributed by atoms with Crippen molar-refractivity contribution in [3.05, 3.63) is 58.6 Å². The first-order chi connectivity index (χ1) is 9.45. The molecule has 0 saturated heterocycles. The van der Waals surface area contributed by atoms with Crippen molar-refractivity contribution >= 4 is 28.9 Å². The molecule has 0 heterocycles. The number of amides is 1. The van der Waals surface area contributed by atoms with Crippen molar-refractivity contribution in [2.75, 3.05) is 11.1 Å². The molecule has 2 rings (SSSR count). The number of hydrogen-bond acceptors (Lipinski definition) is 2. The molecule has 0 aliphatic rings. The van der Waals surface area contributed by atoms with E-state index in [4.69, 9.17) is 17.3 Å². The van der Waals surface area contributed by atoms with Crippen LogP contribution in [-0.4, -0.2) is 5.91 Å². The fourth-order valence-corrected chi connectivity index (χ4v) is 1.83. The van der Waals surface area contributed by atoms with E-state index in [1.165, 1.54) is 12.1 Å². The first kappa shape index (κ1) is 14.3. The SMILES string of the molecule is Nc1ccc(NC(=O)Cc2ccc(F)c(F)c2)cc1Cl. The van der Waals surface area contributed by atoms with Gasteiger partial charge >= 0.3 is 0 Å². The molecule has 0 atom stereocenters. The van der Waals surface area contributed by atoms with Gasteiger partial charge in [-0.3, -0.25) is 4.79 Å². The fourth-order valence-electron chi connectivity index (χ4n) is 1.65. The predicted molar refractivity (Wildman–Crippen MR) is 74.6 cm³/mol. The average Bonchev–Trinajstić information content (AvgIpc) is 2.38. The molecule has 2 aromatic rings. The lowest BCUT2D eigenvalue weighted by atomic mass is 10.1. The number of nitrogens with two attached hydrogens (primary N) is 1. The van der Waals surface area contributed by atoms with Crippen LogP contribution in [0.4, 0.5) is 20.2 Å². The Hall–Kier alpha value is -2.14. The van der Waals surface area contributed by atoms with E-state index < -0.39 is 11.6 Å². The maximum atomic E-state index is 13.0. The second kappa shape index (κ2) is 5.88. The van der Waals surface area contributed by atoms with E-state index in [9.17, 15) is 13.6 Å². The Balaban J connectivity index is 2.04. The minimum absolute atomic E-state index is 0.0702. The Morgan fingerprint density at radius 2 is 1.90 bits per heavy atom. The van der Waals surface area contributed by atoms with Crippen LogP contribution < -0.4 is 11.1 Å². The Morgan fingerprint density at radius 3 is 2.55 bits per heavy atom. The van der Waals surface area contributed by atoms with Crippen LogP contribution in [0.1, 0.15) is 5.56 Å². The van der Waals surface area contributed by atoms with Crippen molar-refractivity contribution in [2.45, 2.75) is 6.42 Å². The Bertz CT molecular complexity index is 606. The normalized spacial score (nSPS) is 10.3. The summed E-state index contributed by atoms with van der Waals surface area (Å²) in [5, 5.41) is 2.93. The van der Waals surface area contributed by atoms with E-state index in [2.05, 4.69) is 5.32 Å². The Morgan fingerprint density at radius 1 is 1.15 bits per heavy atom. The van der Waals surface area contributed by atoms with Gasteiger partial charge < -0.3 is 11.1 Å². The van der Waals surface area contributed by atoms with Crippen molar-refractivity contribution in [1.82, 2.24) is 0 Å². The molecule has 0 bridgehead atoms. The first-order valence-electron chi connectivity index (χ1n) is 5.74. The van der Waals surface area contributed by atoms with Gasteiger partial charge in [0.15, 0.2) is 11.6 Å². The molecule has 0 aliphatic heterocycles. The highest BCUT2D eigenvalue weighted by Crippen LogP contribution is 2.22. The van der Waals surface area contributed by atoms with Crippen molar-refractivity contribution in [2.24, 2.45) is 0 Å². The van der Waals surface area contributed by atoms with Gasteiger partial charge in [-0.15, -0.1) is 0 Å². The van der Waals surface area contributed by atoms with Gasteiger partial charge in [-0.2, -0.15) is 0 Å². The largest absolute Gasteiger partial charge is 0.398 e. The minimum atomic E-state index is -0.981. The molecule has 104 valence electrons. The highest BCUT2D eigenvalue weighted by Gasteiger charge is 2.08. The van der Waals surface area contributed by atoms with Gasteiger partial charge in [-0.1, -0.05) is 17.7 Å². The topological polar surface area (TPSA) is 55.1 Å². The Labute approximate surface area is 119 Å². The van der Waals surface area contributed by atoms with E-state index in [1.807, 2.05) is 0 Å². The number of halogens is 3. The minimum Gasteiger partial charge on any atom is -0.398 e. The highest BCUT2D eigenvalue weighted by molar-refractivity contribution is 6.33. The number of nitrogen functional groups attached to an aromatic ring is 1. The van der Waals surface area contributed by atoms with Gasteiger partial charge in [-0.25, -0.2) is 8.78 Å². The van der Waals surface area contributed by atoms with Crippen LogP contribution in [0, 0.1) is 11.6 Å². The maximum Gasteiger partial charge on any atom is 0.228 e. The number of nitrogens with one attached hydrogen (secondary N) is 1. The summed E-state index contributed by atoms with van der Waals surface area (Å²) in [5.41, 5.74) is 6.82. The summed E-state index contributed by atoms with van der Waals surface area (Å²) in [7, 11) is 0. The van der Waals surface area contributed by atoms with Crippen LogP contribution in [0.2, 0.25) is 5.02 Å². The third-order valence-electron chi connectivity index (χ3n) is 2.63. The standard InChI is InChI=1S/C14H11ClF2N2O/c15-10-7-9(2-4-13(10)18)19-14(20)6-8-1-3-11(16)12(17)5-8/h1-5,7H,6,18H2,(H,19,20). The molecular weight excluding hydrogens is 286 g/mol. The van der Waals surface area contributed by atoms with Crippen LogP contribution in [0.3, 0.4) is 0 Å². The molecule has 0 aromatic heterocycles. The molecule has 3 N–H and O–H groups in total. The van der Waals surface area contributed by atoms with Crippen LogP contribution in [-0.2, 0) is 11.2 Å². The molecule has 6 heteroatoms. The summed E-state index contributed by atoms with van der Waals surface area (Å²) in [5.74, 6) is -2.29. The predicted octanol–water partition coefficient (Wildman–Crippen LogP) is 3.38. The van der Waals surface area contributed by atoms with Gasteiger partial charge in [0, 0.05) is 5.69 Å². The lowest BCUT2D eigenvalue weighted by Gasteiger charge is -2.07. The van der Waals surface area contributed by atoms with E-state index in [0.29, 0.717) is 22.0 Å². The lowest BCUT2D eigenvalue weighted by molar-refractivity contribution is -0.115. The zero-order valence-corrected chi connectivity index (χ0v) is 11.0. The number of rotatable bonds is 3. The van der Waals surface area contributed by atoms with Crippen LogP contribution in [0.5, 0.6) is 0 Å². The van der Waals surface area contributed by atoms with E-state index in [0.717, 1.165) is 12.1 Å². The average molecular weight is 297 g/mol. The van der Waals surface area contributed by atoms with Gasteiger partial charge in [-0.05, 0) is 35.9 Å². The van der Waals surface area contributed by atoms with E-state index >= 15 is 0 Å². The summed E-state index contributed by atoms with van der Waals surface area (Å²) < 4.78 is 25.8. The molecule has 0 fully saturated rings. The number of carbonyl (C=O) groups excluding carboxylic acids is 1. The van der Waals surface area contributed by atoms with E-state index in [-0.39, 0.29) is 12.3 Å². The monoisotopic (exact) mass is 296 g/mol. The van der Waals surface area contributed by atoms with Gasteiger partial charge in [0.05, 0.1) is 17.1 Å². The molecule has 3 nitrogen and oxygen atoms in total. The second-order valence-electron chi connectivity index (χ2n) is 4.21. The molecule has 0 saturated carbocycles. The third kappa shape index (κ3) is 3.45.